The lowest BCUT2D eigenvalue weighted by Gasteiger charge is -2.36. The number of likely N-dealkylation sites (N-methyl/N-ethyl adjacent to an activating group) is 1. The molecule has 2 aromatic rings. The van der Waals surface area contributed by atoms with Crippen molar-refractivity contribution in [1.29, 1.82) is 0 Å². The van der Waals surface area contributed by atoms with E-state index in [4.69, 9.17) is 4.74 Å². The largest absolute Gasteiger partial charge is 0.379 e. The van der Waals surface area contributed by atoms with Crippen molar-refractivity contribution in [3.8, 4) is 0 Å². The van der Waals surface area contributed by atoms with E-state index >= 15 is 0 Å². The average Bonchev–Trinajstić information content (AvgIpc) is 3.36. The molecule has 7 nitrogen and oxygen atoms in total. The van der Waals surface area contributed by atoms with Gasteiger partial charge in [0.2, 0.25) is 0 Å². The molecule has 4 heterocycles. The van der Waals surface area contributed by atoms with Crippen LogP contribution in [0.25, 0.3) is 0 Å². The van der Waals surface area contributed by atoms with Gasteiger partial charge in [-0.3, -0.25) is 14.8 Å². The number of ether oxygens (including phenoxy) is 1. The van der Waals surface area contributed by atoms with Gasteiger partial charge in [-0.2, -0.15) is 5.10 Å². The van der Waals surface area contributed by atoms with Crippen LogP contribution in [0.3, 0.4) is 0 Å². The van der Waals surface area contributed by atoms with Gasteiger partial charge in [-0.25, -0.2) is 0 Å². The van der Waals surface area contributed by atoms with E-state index in [1.807, 2.05) is 11.9 Å². The Morgan fingerprint density at radius 2 is 2.31 bits per heavy atom. The third-order valence-corrected chi connectivity index (χ3v) is 6.13. The number of H-pyrrole nitrogens is 1. The summed E-state index contributed by atoms with van der Waals surface area (Å²) in [5.74, 6) is -0.0129. The average molecular weight is 375 g/mol. The van der Waals surface area contributed by atoms with Gasteiger partial charge in [-0.1, -0.05) is 6.07 Å². The zero-order valence-corrected chi connectivity index (χ0v) is 15.8. The van der Waals surface area contributed by atoms with E-state index in [2.05, 4.69) is 37.9 Å². The van der Waals surface area contributed by atoms with Crippen LogP contribution in [0, 0.1) is 0 Å². The quantitative estimate of drug-likeness (QED) is 0.823. The summed E-state index contributed by atoms with van der Waals surface area (Å²) in [7, 11) is 1.88. The van der Waals surface area contributed by atoms with Crippen molar-refractivity contribution < 1.29 is 9.53 Å². The Morgan fingerprint density at radius 3 is 3.08 bits per heavy atom. The molecule has 1 fully saturated rings. The van der Waals surface area contributed by atoms with Gasteiger partial charge in [0.25, 0.3) is 5.91 Å². The van der Waals surface area contributed by atoms with Crippen molar-refractivity contribution in [3.05, 3.63) is 39.3 Å². The summed E-state index contributed by atoms with van der Waals surface area (Å²) in [5.41, 5.74) is 2.66. The molecule has 2 aliphatic rings. The zero-order chi connectivity index (χ0) is 17.9. The number of morpholine rings is 1. The molecular formula is C18H25N5O2S. The number of hydrogen-bond donors (Lipinski definition) is 2. The number of hydrogen-bond acceptors (Lipinski definition) is 6. The molecule has 4 rings (SSSR count). The fourth-order valence-corrected chi connectivity index (χ4v) is 4.53. The second-order valence-corrected chi connectivity index (χ2v) is 7.80. The molecule has 0 bridgehead atoms. The Morgan fingerprint density at radius 1 is 1.46 bits per heavy atom. The molecule has 0 spiro atoms. The van der Waals surface area contributed by atoms with E-state index in [1.54, 1.807) is 11.3 Å². The van der Waals surface area contributed by atoms with E-state index in [-0.39, 0.29) is 11.9 Å². The van der Waals surface area contributed by atoms with Gasteiger partial charge < -0.3 is 15.0 Å². The SMILES string of the molecule is CN(CC(c1cccs1)N1CCOCC1)C(=O)c1n[nH]c2c1CNCC2. The standard InChI is InChI=1S/C18H25N5O2S/c1-22(18(24)17-13-11-19-5-4-14(13)20-21-17)12-15(16-3-2-10-26-16)23-6-8-25-9-7-23/h2-3,10,15,19H,4-9,11-12H2,1H3,(H,20,21). The van der Waals surface area contributed by atoms with Gasteiger partial charge in [0, 0.05) is 62.3 Å². The molecule has 2 N–H and O–H groups in total. The van der Waals surface area contributed by atoms with Crippen LogP contribution < -0.4 is 5.32 Å². The summed E-state index contributed by atoms with van der Waals surface area (Å²) in [5, 5.41) is 12.8. The highest BCUT2D eigenvalue weighted by Crippen LogP contribution is 2.27. The Labute approximate surface area is 157 Å². The predicted molar refractivity (Wildman–Crippen MR) is 100 cm³/mol. The van der Waals surface area contributed by atoms with E-state index in [9.17, 15) is 4.79 Å². The lowest BCUT2D eigenvalue weighted by Crippen LogP contribution is -2.44. The van der Waals surface area contributed by atoms with Crippen LogP contribution in [-0.4, -0.2) is 72.3 Å². The second-order valence-electron chi connectivity index (χ2n) is 6.82. The van der Waals surface area contributed by atoms with Crippen LogP contribution in [0.4, 0.5) is 0 Å². The van der Waals surface area contributed by atoms with Crippen molar-refractivity contribution >= 4 is 17.2 Å². The van der Waals surface area contributed by atoms with Gasteiger partial charge in [0.15, 0.2) is 5.69 Å². The minimum absolute atomic E-state index is 0.0129. The molecule has 0 radical (unpaired) electrons. The Bertz CT molecular complexity index is 739. The second kappa shape index (κ2) is 7.87. The highest BCUT2D eigenvalue weighted by Gasteiger charge is 2.29. The molecule has 8 heteroatoms. The highest BCUT2D eigenvalue weighted by molar-refractivity contribution is 7.10. The Hall–Kier alpha value is -1.74. The van der Waals surface area contributed by atoms with Gasteiger partial charge in [0.05, 0.1) is 19.3 Å². The molecule has 0 aromatic carbocycles. The van der Waals surface area contributed by atoms with Gasteiger partial charge >= 0.3 is 0 Å². The molecule has 1 amide bonds. The fraction of sp³-hybridized carbons (Fsp3) is 0.556. The van der Waals surface area contributed by atoms with E-state index in [0.29, 0.717) is 18.8 Å². The van der Waals surface area contributed by atoms with Crippen LogP contribution in [0.15, 0.2) is 17.5 Å². The molecule has 1 unspecified atom stereocenters. The number of carbonyl (C=O) groups is 1. The first-order valence-corrected chi connectivity index (χ1v) is 9.99. The van der Waals surface area contributed by atoms with Gasteiger partial charge in [-0.05, 0) is 11.4 Å². The van der Waals surface area contributed by atoms with Crippen LogP contribution in [-0.2, 0) is 17.7 Å². The van der Waals surface area contributed by atoms with E-state index in [1.165, 1.54) is 4.88 Å². The minimum atomic E-state index is -0.0129. The monoisotopic (exact) mass is 375 g/mol. The van der Waals surface area contributed by atoms with Crippen molar-refractivity contribution in [2.75, 3.05) is 46.4 Å². The van der Waals surface area contributed by atoms with Crippen molar-refractivity contribution in [1.82, 2.24) is 25.3 Å². The molecule has 26 heavy (non-hydrogen) atoms. The zero-order valence-electron chi connectivity index (χ0n) is 15.0. The first-order valence-electron chi connectivity index (χ1n) is 9.11. The summed E-state index contributed by atoms with van der Waals surface area (Å²) in [6.45, 7) is 5.57. The van der Waals surface area contributed by atoms with Gasteiger partial charge in [0.1, 0.15) is 0 Å². The van der Waals surface area contributed by atoms with Crippen molar-refractivity contribution in [3.63, 3.8) is 0 Å². The number of amides is 1. The van der Waals surface area contributed by atoms with E-state index in [0.717, 1.165) is 50.5 Å². The van der Waals surface area contributed by atoms with Crippen molar-refractivity contribution in [2.45, 2.75) is 19.0 Å². The first kappa shape index (κ1) is 17.7. The number of fused-ring (bicyclic) bond motifs is 1. The number of nitrogens with one attached hydrogen (secondary N) is 2. The molecule has 2 aliphatic heterocycles. The summed E-state index contributed by atoms with van der Waals surface area (Å²) in [6, 6.07) is 4.43. The molecule has 0 aliphatic carbocycles. The van der Waals surface area contributed by atoms with Crippen LogP contribution in [0.5, 0.6) is 0 Å². The number of carbonyl (C=O) groups excluding carboxylic acids is 1. The first-order chi connectivity index (χ1) is 12.7. The molecule has 1 saturated heterocycles. The van der Waals surface area contributed by atoms with Crippen LogP contribution in [0.2, 0.25) is 0 Å². The van der Waals surface area contributed by atoms with Crippen LogP contribution >= 0.6 is 11.3 Å². The maximum Gasteiger partial charge on any atom is 0.274 e. The topological polar surface area (TPSA) is 73.5 Å². The van der Waals surface area contributed by atoms with Gasteiger partial charge in [-0.15, -0.1) is 11.3 Å². The molecule has 140 valence electrons. The molecule has 0 saturated carbocycles. The maximum atomic E-state index is 13.0. The number of aromatic amines is 1. The lowest BCUT2D eigenvalue weighted by molar-refractivity contribution is 0.0103. The lowest BCUT2D eigenvalue weighted by atomic mass is 10.1. The number of aromatic nitrogens is 2. The smallest absolute Gasteiger partial charge is 0.274 e. The fourth-order valence-electron chi connectivity index (χ4n) is 3.68. The Kier molecular flexibility index (Phi) is 5.35. The Balaban J connectivity index is 1.51. The number of nitrogens with zero attached hydrogens (tertiary/aromatic N) is 3. The van der Waals surface area contributed by atoms with E-state index < -0.39 is 0 Å². The normalized spacial score (nSPS) is 19.1. The summed E-state index contributed by atoms with van der Waals surface area (Å²) in [4.78, 5) is 18.6. The predicted octanol–water partition coefficient (Wildman–Crippen LogP) is 1.26. The molecule has 1 atom stereocenters. The van der Waals surface area contributed by atoms with Crippen molar-refractivity contribution in [2.24, 2.45) is 0 Å². The third kappa shape index (κ3) is 3.55. The maximum absolute atomic E-state index is 13.0. The third-order valence-electron chi connectivity index (χ3n) is 5.16. The summed E-state index contributed by atoms with van der Waals surface area (Å²) in [6.07, 6.45) is 0.894. The molecular weight excluding hydrogens is 350 g/mol. The summed E-state index contributed by atoms with van der Waals surface area (Å²) >= 11 is 1.75. The number of rotatable bonds is 5. The number of thiophene rings is 1. The molecule has 2 aromatic heterocycles. The summed E-state index contributed by atoms with van der Waals surface area (Å²) < 4.78 is 5.50. The minimum Gasteiger partial charge on any atom is -0.379 e. The van der Waals surface area contributed by atoms with Crippen LogP contribution in [0.1, 0.15) is 32.7 Å². The highest BCUT2D eigenvalue weighted by atomic mass is 32.1.